The van der Waals surface area contributed by atoms with Crippen LogP contribution in [-0.4, -0.2) is 59.5 Å². The maximum atomic E-state index is 12.9. The van der Waals surface area contributed by atoms with Crippen molar-refractivity contribution in [3.8, 4) is 11.1 Å². The number of hydrogen-bond donors (Lipinski definition) is 2. The molecule has 180 valence electrons. The molecule has 1 saturated heterocycles. The van der Waals surface area contributed by atoms with Crippen molar-refractivity contribution in [2.75, 3.05) is 19.7 Å². The third-order valence-electron chi connectivity index (χ3n) is 6.23. The van der Waals surface area contributed by atoms with E-state index in [2.05, 4.69) is 17.4 Å². The van der Waals surface area contributed by atoms with E-state index < -0.39 is 35.7 Å². The Kier molecular flexibility index (Phi) is 6.50. The summed E-state index contributed by atoms with van der Waals surface area (Å²) in [5.74, 6) is -2.11. The number of rotatable bonds is 4. The average molecular weight is 467 g/mol. The molecule has 2 amide bonds. The number of alkyl carbamates (subject to hydrolysis) is 1. The molecule has 1 aliphatic carbocycles. The highest BCUT2D eigenvalue weighted by Crippen LogP contribution is 2.44. The van der Waals surface area contributed by atoms with Crippen LogP contribution in [0.5, 0.6) is 0 Å². The number of benzene rings is 2. The summed E-state index contributed by atoms with van der Waals surface area (Å²) in [7, 11) is 0. The Balaban J connectivity index is 1.39. The van der Waals surface area contributed by atoms with Gasteiger partial charge in [0.25, 0.3) is 0 Å². The molecule has 0 saturated carbocycles. The van der Waals surface area contributed by atoms with Crippen LogP contribution in [0.3, 0.4) is 0 Å². The monoisotopic (exact) mass is 466 g/mol. The number of ether oxygens (including phenoxy) is 2. The van der Waals surface area contributed by atoms with Crippen LogP contribution < -0.4 is 5.32 Å². The number of amides is 2. The molecule has 0 unspecified atom stereocenters. The van der Waals surface area contributed by atoms with Gasteiger partial charge in [-0.2, -0.15) is 0 Å². The quantitative estimate of drug-likeness (QED) is 0.699. The van der Waals surface area contributed by atoms with Crippen molar-refractivity contribution in [2.24, 2.45) is 5.92 Å². The maximum Gasteiger partial charge on any atom is 0.409 e. The van der Waals surface area contributed by atoms with Crippen LogP contribution in [0.2, 0.25) is 0 Å². The second-order valence-corrected chi connectivity index (χ2v) is 9.74. The van der Waals surface area contributed by atoms with Gasteiger partial charge >= 0.3 is 18.2 Å². The van der Waals surface area contributed by atoms with E-state index in [-0.39, 0.29) is 25.6 Å². The number of hydrogen-bond acceptors (Lipinski definition) is 5. The van der Waals surface area contributed by atoms with Crippen LogP contribution in [0.15, 0.2) is 48.5 Å². The number of carboxylic acids is 1. The predicted molar refractivity (Wildman–Crippen MR) is 126 cm³/mol. The van der Waals surface area contributed by atoms with Crippen molar-refractivity contribution < 1.29 is 29.0 Å². The lowest BCUT2D eigenvalue weighted by Gasteiger charge is -2.36. The van der Waals surface area contributed by atoms with Crippen molar-refractivity contribution in [2.45, 2.75) is 44.8 Å². The Morgan fingerprint density at radius 3 is 2.18 bits per heavy atom. The van der Waals surface area contributed by atoms with E-state index in [1.165, 1.54) is 4.90 Å². The number of nitrogens with zero attached hydrogens (tertiary/aromatic N) is 1. The largest absolute Gasteiger partial charge is 0.481 e. The summed E-state index contributed by atoms with van der Waals surface area (Å²) >= 11 is 0. The minimum Gasteiger partial charge on any atom is -0.481 e. The number of piperidine rings is 1. The van der Waals surface area contributed by atoms with Gasteiger partial charge in [-0.25, -0.2) is 9.59 Å². The molecule has 1 heterocycles. The van der Waals surface area contributed by atoms with Gasteiger partial charge in [0.2, 0.25) is 0 Å². The van der Waals surface area contributed by atoms with Gasteiger partial charge in [-0.15, -0.1) is 0 Å². The Labute approximate surface area is 198 Å². The zero-order valence-electron chi connectivity index (χ0n) is 19.6. The fourth-order valence-electron chi connectivity index (χ4n) is 4.69. The van der Waals surface area contributed by atoms with Crippen LogP contribution in [-0.2, 0) is 14.3 Å². The maximum absolute atomic E-state index is 12.9. The minimum absolute atomic E-state index is 0.0491. The van der Waals surface area contributed by atoms with Crippen LogP contribution in [0.4, 0.5) is 9.59 Å². The lowest BCUT2D eigenvalue weighted by molar-refractivity contribution is -0.144. The number of carbonyl (C=O) groups is 3. The standard InChI is InChI=1S/C26H30N2O6/c1-26(2,3)34-24(31)27-22-12-13-28(14-20(22)23(29)30)25(32)33-15-21-18-10-6-4-8-16(18)17-9-5-7-11-19(17)21/h4-11,20-22H,12-15H2,1-3H3,(H,27,31)(H,29,30)/t20-,22+/m0/s1. The first kappa shape index (κ1) is 23.6. The van der Waals surface area contributed by atoms with E-state index in [1.807, 2.05) is 36.4 Å². The molecular weight excluding hydrogens is 436 g/mol. The molecule has 0 bridgehead atoms. The van der Waals surface area contributed by atoms with Gasteiger partial charge in [0, 0.05) is 25.0 Å². The number of likely N-dealkylation sites (tertiary alicyclic amines) is 1. The Hall–Kier alpha value is -3.55. The van der Waals surface area contributed by atoms with Crippen molar-refractivity contribution >= 4 is 18.2 Å². The molecule has 2 aromatic rings. The van der Waals surface area contributed by atoms with E-state index in [9.17, 15) is 19.5 Å². The van der Waals surface area contributed by atoms with Crippen molar-refractivity contribution in [1.29, 1.82) is 0 Å². The van der Waals surface area contributed by atoms with E-state index in [4.69, 9.17) is 9.47 Å². The molecule has 2 aliphatic rings. The van der Waals surface area contributed by atoms with Crippen LogP contribution in [0, 0.1) is 5.92 Å². The fraction of sp³-hybridized carbons (Fsp3) is 0.423. The van der Waals surface area contributed by atoms with E-state index >= 15 is 0 Å². The second-order valence-electron chi connectivity index (χ2n) is 9.74. The molecule has 0 spiro atoms. The van der Waals surface area contributed by atoms with Crippen molar-refractivity contribution in [3.63, 3.8) is 0 Å². The Morgan fingerprint density at radius 2 is 1.62 bits per heavy atom. The number of carbonyl (C=O) groups excluding carboxylic acids is 2. The van der Waals surface area contributed by atoms with E-state index in [1.54, 1.807) is 20.8 Å². The Bertz CT molecular complexity index is 1050. The van der Waals surface area contributed by atoms with Crippen LogP contribution >= 0.6 is 0 Å². The lowest BCUT2D eigenvalue weighted by Crippen LogP contribution is -2.55. The molecule has 4 rings (SSSR count). The Morgan fingerprint density at radius 1 is 1.03 bits per heavy atom. The molecule has 1 fully saturated rings. The number of carboxylic acid groups (broad SMARTS) is 1. The van der Waals surface area contributed by atoms with Gasteiger partial charge in [0.15, 0.2) is 0 Å². The molecule has 2 atom stereocenters. The summed E-state index contributed by atoms with van der Waals surface area (Å²) in [6.45, 7) is 5.61. The smallest absolute Gasteiger partial charge is 0.409 e. The first-order valence-corrected chi connectivity index (χ1v) is 11.5. The van der Waals surface area contributed by atoms with Crippen molar-refractivity contribution in [1.82, 2.24) is 10.2 Å². The van der Waals surface area contributed by atoms with Gasteiger partial charge in [-0.3, -0.25) is 4.79 Å². The zero-order valence-corrected chi connectivity index (χ0v) is 19.6. The molecular formula is C26H30N2O6. The average Bonchev–Trinajstić information content (AvgIpc) is 3.10. The third-order valence-corrected chi connectivity index (χ3v) is 6.23. The topological polar surface area (TPSA) is 105 Å². The van der Waals surface area contributed by atoms with Gasteiger partial charge in [0.05, 0.1) is 5.92 Å². The van der Waals surface area contributed by atoms with Crippen LogP contribution in [0.25, 0.3) is 11.1 Å². The molecule has 8 nitrogen and oxygen atoms in total. The highest BCUT2D eigenvalue weighted by atomic mass is 16.6. The van der Waals surface area contributed by atoms with Gasteiger partial charge in [-0.1, -0.05) is 48.5 Å². The second kappa shape index (κ2) is 9.37. The third kappa shape index (κ3) is 5.00. The van der Waals surface area contributed by atoms with Gasteiger partial charge in [-0.05, 0) is 49.4 Å². The van der Waals surface area contributed by atoms with Gasteiger partial charge < -0.3 is 24.8 Å². The summed E-state index contributed by atoms with van der Waals surface area (Å²) in [5, 5.41) is 12.3. The molecule has 0 radical (unpaired) electrons. The SMILES string of the molecule is CC(C)(C)OC(=O)N[C@@H]1CCN(C(=O)OCC2c3ccccc3-c3ccccc32)C[C@@H]1C(=O)O. The molecule has 2 aromatic carbocycles. The number of aliphatic carboxylic acids is 1. The summed E-state index contributed by atoms with van der Waals surface area (Å²) in [4.78, 5) is 38.3. The summed E-state index contributed by atoms with van der Waals surface area (Å²) < 4.78 is 10.9. The van der Waals surface area contributed by atoms with E-state index in [0.29, 0.717) is 6.42 Å². The summed E-state index contributed by atoms with van der Waals surface area (Å²) in [6.07, 6.45) is -0.928. The first-order valence-electron chi connectivity index (χ1n) is 11.5. The highest BCUT2D eigenvalue weighted by molar-refractivity contribution is 5.79. The molecule has 2 N–H and O–H groups in total. The highest BCUT2D eigenvalue weighted by Gasteiger charge is 2.39. The lowest BCUT2D eigenvalue weighted by atomic mass is 9.92. The molecule has 34 heavy (non-hydrogen) atoms. The van der Waals surface area contributed by atoms with Crippen LogP contribution in [0.1, 0.15) is 44.2 Å². The molecule has 0 aromatic heterocycles. The molecule has 1 aliphatic heterocycles. The first-order chi connectivity index (χ1) is 16.1. The van der Waals surface area contributed by atoms with Crippen molar-refractivity contribution in [3.05, 3.63) is 59.7 Å². The van der Waals surface area contributed by atoms with E-state index in [0.717, 1.165) is 22.3 Å². The number of fused-ring (bicyclic) bond motifs is 3. The zero-order chi connectivity index (χ0) is 24.5. The normalized spacial score (nSPS) is 19.7. The summed E-state index contributed by atoms with van der Waals surface area (Å²) in [5.41, 5.74) is 3.81. The summed E-state index contributed by atoms with van der Waals surface area (Å²) in [6, 6.07) is 15.5. The minimum atomic E-state index is -1.09. The number of nitrogens with one attached hydrogen (secondary N) is 1. The molecule has 8 heteroatoms. The fourth-order valence-corrected chi connectivity index (χ4v) is 4.69. The predicted octanol–water partition coefficient (Wildman–Crippen LogP) is 4.24. The van der Waals surface area contributed by atoms with Gasteiger partial charge in [0.1, 0.15) is 12.2 Å².